The van der Waals surface area contributed by atoms with Gasteiger partial charge in [0.15, 0.2) is 12.0 Å². The number of alkyl halides is 1. The number of Topliss-reactive ketones (excluding diaryl/α,β-unsaturated/α-hetero) is 1. The molecule has 0 bridgehead atoms. The zero-order valence-corrected chi connectivity index (χ0v) is 15.4. The molecule has 136 valence electrons. The van der Waals surface area contributed by atoms with Crippen molar-refractivity contribution in [1.82, 2.24) is 4.90 Å². The van der Waals surface area contributed by atoms with E-state index in [-0.39, 0.29) is 30.4 Å². The van der Waals surface area contributed by atoms with E-state index < -0.39 is 6.17 Å². The maximum Gasteiger partial charge on any atom is 0.222 e. The van der Waals surface area contributed by atoms with Crippen molar-refractivity contribution in [3.63, 3.8) is 0 Å². The van der Waals surface area contributed by atoms with Crippen LogP contribution in [0, 0.1) is 5.92 Å². The van der Waals surface area contributed by atoms with Crippen molar-refractivity contribution in [2.75, 3.05) is 31.1 Å². The number of rotatable bonds is 3. The molecule has 4 nitrogen and oxygen atoms in total. The molecule has 2 atom stereocenters. The van der Waals surface area contributed by atoms with E-state index in [0.29, 0.717) is 49.1 Å². The molecule has 1 aliphatic heterocycles. The second-order valence-electron chi connectivity index (χ2n) is 6.72. The number of ketones is 1. The lowest BCUT2D eigenvalue weighted by atomic mass is 9.84. The Labute approximate surface area is 156 Å². The Morgan fingerprint density at radius 2 is 1.92 bits per heavy atom. The highest BCUT2D eigenvalue weighted by Crippen LogP contribution is 2.33. The largest absolute Gasteiger partial charge is 0.367 e. The van der Waals surface area contributed by atoms with Crippen LogP contribution in [0.15, 0.2) is 18.2 Å². The fourth-order valence-electron chi connectivity index (χ4n) is 3.54. The van der Waals surface area contributed by atoms with E-state index in [1.54, 1.807) is 6.07 Å². The van der Waals surface area contributed by atoms with Gasteiger partial charge >= 0.3 is 0 Å². The molecule has 7 heteroatoms. The standard InChI is InChI=1S/C18H21Cl2FN2O2/c19-13-2-1-3-15(18(13)20)22-6-8-23(9-7-22)17(25)11-12-4-5-16(24)14(21)10-12/h1-3,12,14H,4-11H2. The van der Waals surface area contributed by atoms with Crippen LogP contribution in [-0.2, 0) is 9.59 Å². The Balaban J connectivity index is 1.52. The van der Waals surface area contributed by atoms with Crippen molar-refractivity contribution in [3.05, 3.63) is 28.2 Å². The number of carbonyl (C=O) groups excluding carboxylic acids is 2. The van der Waals surface area contributed by atoms with Gasteiger partial charge in [-0.15, -0.1) is 0 Å². The first-order valence-corrected chi connectivity index (χ1v) is 9.35. The Kier molecular flexibility index (Phi) is 5.85. The van der Waals surface area contributed by atoms with E-state index in [9.17, 15) is 14.0 Å². The summed E-state index contributed by atoms with van der Waals surface area (Å²) in [6, 6.07) is 5.53. The third-order valence-corrected chi connectivity index (χ3v) is 5.87. The number of nitrogens with zero attached hydrogens (tertiary/aromatic N) is 2. The highest BCUT2D eigenvalue weighted by molar-refractivity contribution is 6.43. The molecular formula is C18H21Cl2FN2O2. The molecule has 1 saturated carbocycles. The summed E-state index contributed by atoms with van der Waals surface area (Å²) in [5.41, 5.74) is 0.882. The summed E-state index contributed by atoms with van der Waals surface area (Å²) < 4.78 is 13.5. The van der Waals surface area contributed by atoms with Crippen LogP contribution in [0.1, 0.15) is 25.7 Å². The molecule has 2 aliphatic rings. The van der Waals surface area contributed by atoms with E-state index in [0.717, 1.165) is 5.69 Å². The van der Waals surface area contributed by atoms with E-state index in [1.807, 2.05) is 17.0 Å². The predicted molar refractivity (Wildman–Crippen MR) is 97.1 cm³/mol. The zero-order chi connectivity index (χ0) is 18.0. The number of carbonyl (C=O) groups is 2. The van der Waals surface area contributed by atoms with Crippen LogP contribution in [0.5, 0.6) is 0 Å². The number of halogens is 3. The second-order valence-corrected chi connectivity index (χ2v) is 7.50. The Morgan fingerprint density at radius 1 is 1.20 bits per heavy atom. The first kappa shape index (κ1) is 18.5. The van der Waals surface area contributed by atoms with Gasteiger partial charge in [0.05, 0.1) is 15.7 Å². The Morgan fingerprint density at radius 3 is 2.60 bits per heavy atom. The van der Waals surface area contributed by atoms with Gasteiger partial charge in [0, 0.05) is 39.0 Å². The van der Waals surface area contributed by atoms with E-state index in [4.69, 9.17) is 23.2 Å². The van der Waals surface area contributed by atoms with E-state index in [2.05, 4.69) is 4.90 Å². The molecule has 1 aliphatic carbocycles. The van der Waals surface area contributed by atoms with Crippen LogP contribution in [0.3, 0.4) is 0 Å². The zero-order valence-electron chi connectivity index (χ0n) is 13.9. The van der Waals surface area contributed by atoms with Gasteiger partial charge in [-0.3, -0.25) is 9.59 Å². The summed E-state index contributed by atoms with van der Waals surface area (Å²) in [4.78, 5) is 27.7. The summed E-state index contributed by atoms with van der Waals surface area (Å²) in [5.74, 6) is -0.306. The van der Waals surface area contributed by atoms with Gasteiger partial charge in [0.25, 0.3) is 0 Å². The molecule has 1 amide bonds. The fourth-order valence-corrected chi connectivity index (χ4v) is 3.95. The third-order valence-electron chi connectivity index (χ3n) is 5.06. The van der Waals surface area contributed by atoms with E-state index in [1.165, 1.54) is 0 Å². The molecule has 2 unspecified atom stereocenters. The van der Waals surface area contributed by atoms with Crippen molar-refractivity contribution in [2.45, 2.75) is 31.9 Å². The van der Waals surface area contributed by atoms with Crippen molar-refractivity contribution >= 4 is 40.6 Å². The molecule has 1 saturated heterocycles. The second kappa shape index (κ2) is 7.92. The van der Waals surface area contributed by atoms with Gasteiger partial charge in [-0.05, 0) is 30.9 Å². The summed E-state index contributed by atoms with van der Waals surface area (Å²) in [5, 5.41) is 1.05. The van der Waals surface area contributed by atoms with Gasteiger partial charge in [0.1, 0.15) is 0 Å². The maximum absolute atomic E-state index is 13.5. The van der Waals surface area contributed by atoms with Gasteiger partial charge in [-0.25, -0.2) is 4.39 Å². The van der Waals surface area contributed by atoms with Crippen molar-refractivity contribution in [2.24, 2.45) is 5.92 Å². The number of hydrogen-bond donors (Lipinski definition) is 0. The number of piperazine rings is 1. The van der Waals surface area contributed by atoms with Gasteiger partial charge < -0.3 is 9.80 Å². The van der Waals surface area contributed by atoms with Crippen LogP contribution < -0.4 is 4.90 Å². The minimum atomic E-state index is -1.40. The predicted octanol–water partition coefficient (Wildman–Crippen LogP) is 3.74. The monoisotopic (exact) mass is 386 g/mol. The molecule has 0 spiro atoms. The van der Waals surface area contributed by atoms with Crippen LogP contribution in [0.2, 0.25) is 10.0 Å². The molecule has 25 heavy (non-hydrogen) atoms. The quantitative estimate of drug-likeness (QED) is 0.794. The SMILES string of the molecule is O=C1CCC(CC(=O)N2CCN(c3cccc(Cl)c3Cl)CC2)CC1F. The fraction of sp³-hybridized carbons (Fsp3) is 0.556. The molecule has 1 aromatic rings. The molecule has 1 aromatic carbocycles. The number of amides is 1. The molecule has 1 heterocycles. The summed E-state index contributed by atoms with van der Waals surface area (Å²) >= 11 is 12.3. The molecule has 0 radical (unpaired) electrons. The van der Waals surface area contributed by atoms with Gasteiger partial charge in [-0.1, -0.05) is 29.3 Å². The lowest BCUT2D eigenvalue weighted by molar-refractivity contribution is -0.134. The maximum atomic E-state index is 13.5. The van der Waals surface area contributed by atoms with Crippen LogP contribution in [0.4, 0.5) is 10.1 Å². The topological polar surface area (TPSA) is 40.6 Å². The van der Waals surface area contributed by atoms with Gasteiger partial charge in [-0.2, -0.15) is 0 Å². The normalized spacial score (nSPS) is 24.5. The Hall–Kier alpha value is -1.33. The highest BCUT2D eigenvalue weighted by atomic mass is 35.5. The number of benzene rings is 1. The van der Waals surface area contributed by atoms with Crippen molar-refractivity contribution in [1.29, 1.82) is 0 Å². The summed E-state index contributed by atoms with van der Waals surface area (Å²) in [7, 11) is 0. The molecule has 0 N–H and O–H groups in total. The molecule has 0 aromatic heterocycles. The number of hydrogen-bond acceptors (Lipinski definition) is 3. The van der Waals surface area contributed by atoms with Crippen LogP contribution in [-0.4, -0.2) is 48.9 Å². The summed E-state index contributed by atoms with van der Waals surface area (Å²) in [6.07, 6.45) is -0.0225. The average molecular weight is 387 g/mol. The Bertz CT molecular complexity index is 662. The summed E-state index contributed by atoms with van der Waals surface area (Å²) in [6.45, 7) is 2.57. The smallest absolute Gasteiger partial charge is 0.222 e. The molecule has 3 rings (SSSR count). The van der Waals surface area contributed by atoms with Crippen LogP contribution >= 0.6 is 23.2 Å². The molecular weight excluding hydrogens is 366 g/mol. The van der Waals surface area contributed by atoms with E-state index >= 15 is 0 Å². The van der Waals surface area contributed by atoms with Gasteiger partial charge in [0.2, 0.25) is 5.91 Å². The minimum Gasteiger partial charge on any atom is -0.367 e. The lowest BCUT2D eigenvalue weighted by Crippen LogP contribution is -2.49. The average Bonchev–Trinajstić information content (AvgIpc) is 2.61. The van der Waals surface area contributed by atoms with Crippen molar-refractivity contribution < 1.29 is 14.0 Å². The first-order chi connectivity index (χ1) is 12.0. The third kappa shape index (κ3) is 4.26. The lowest BCUT2D eigenvalue weighted by Gasteiger charge is -2.37. The van der Waals surface area contributed by atoms with Crippen molar-refractivity contribution in [3.8, 4) is 0 Å². The molecule has 2 fully saturated rings. The first-order valence-electron chi connectivity index (χ1n) is 8.59. The van der Waals surface area contributed by atoms with Crippen LogP contribution in [0.25, 0.3) is 0 Å². The minimum absolute atomic E-state index is 0.0272. The number of anilines is 1. The highest BCUT2D eigenvalue weighted by Gasteiger charge is 2.31.